The van der Waals surface area contributed by atoms with Crippen molar-refractivity contribution in [1.29, 1.82) is 0 Å². The molecule has 112 valence electrons. The molecule has 5 heteroatoms. The molecule has 0 bridgehead atoms. The first-order chi connectivity index (χ1) is 9.70. The maximum absolute atomic E-state index is 12.5. The highest BCUT2D eigenvalue weighted by atomic mass is 16.5. The van der Waals surface area contributed by atoms with Crippen LogP contribution < -0.4 is 5.32 Å². The summed E-state index contributed by atoms with van der Waals surface area (Å²) >= 11 is 0. The predicted octanol–water partition coefficient (Wildman–Crippen LogP) is 1.21. The third kappa shape index (κ3) is 2.49. The average Bonchev–Trinajstić information content (AvgIpc) is 3.12. The predicted molar refractivity (Wildman–Crippen MR) is 74.1 cm³/mol. The van der Waals surface area contributed by atoms with Crippen molar-refractivity contribution >= 4 is 11.8 Å². The lowest BCUT2D eigenvalue weighted by atomic mass is 10.1. The number of nitrogens with one attached hydrogen (secondary N) is 1. The smallest absolute Gasteiger partial charge is 0.247 e. The molecule has 0 spiro atoms. The van der Waals surface area contributed by atoms with Crippen LogP contribution in [0.2, 0.25) is 0 Å². The lowest BCUT2D eigenvalue weighted by Crippen LogP contribution is -2.48. The monoisotopic (exact) mass is 280 g/mol. The quantitative estimate of drug-likeness (QED) is 0.787. The van der Waals surface area contributed by atoms with Gasteiger partial charge in [-0.2, -0.15) is 0 Å². The summed E-state index contributed by atoms with van der Waals surface area (Å²) in [5, 5.41) is 3.38. The van der Waals surface area contributed by atoms with Crippen LogP contribution in [0.1, 0.15) is 51.4 Å². The molecule has 2 amide bonds. The first kappa shape index (κ1) is 14.0. The Morgan fingerprint density at radius 3 is 2.55 bits per heavy atom. The zero-order valence-corrected chi connectivity index (χ0v) is 12.1. The maximum Gasteiger partial charge on any atom is 0.247 e. The van der Waals surface area contributed by atoms with Gasteiger partial charge < -0.3 is 10.1 Å². The van der Waals surface area contributed by atoms with Crippen LogP contribution in [0, 0.1) is 0 Å². The minimum absolute atomic E-state index is 0.00589. The summed E-state index contributed by atoms with van der Waals surface area (Å²) in [5.41, 5.74) is 0. The number of nitrogens with zero attached hydrogens (tertiary/aromatic N) is 1. The second-order valence-corrected chi connectivity index (χ2v) is 6.28. The van der Waals surface area contributed by atoms with Gasteiger partial charge in [-0.15, -0.1) is 0 Å². The summed E-state index contributed by atoms with van der Waals surface area (Å²) < 4.78 is 5.45. The normalized spacial score (nSPS) is 35.5. The van der Waals surface area contributed by atoms with Gasteiger partial charge in [0.2, 0.25) is 11.8 Å². The first-order valence-electron chi connectivity index (χ1n) is 7.85. The lowest BCUT2D eigenvalue weighted by molar-refractivity contribution is -0.141. The van der Waals surface area contributed by atoms with Gasteiger partial charge in [0.05, 0.1) is 18.6 Å². The lowest BCUT2D eigenvalue weighted by Gasteiger charge is -2.25. The van der Waals surface area contributed by atoms with E-state index in [9.17, 15) is 9.59 Å². The number of carbonyl (C=O) groups is 2. The molecule has 1 N–H and O–H groups in total. The van der Waals surface area contributed by atoms with Crippen LogP contribution in [0.4, 0.5) is 0 Å². The minimum Gasteiger partial charge on any atom is -0.380 e. The molecule has 3 aliphatic rings. The molecule has 1 saturated heterocycles. The molecule has 3 fully saturated rings. The molecular formula is C15H24N2O3. The van der Waals surface area contributed by atoms with Gasteiger partial charge in [-0.05, 0) is 32.1 Å². The number of hydrogen-bond donors (Lipinski definition) is 1. The molecule has 3 rings (SSSR count). The van der Waals surface area contributed by atoms with Crippen LogP contribution >= 0.6 is 0 Å². The van der Waals surface area contributed by atoms with Crippen molar-refractivity contribution in [2.75, 3.05) is 7.11 Å². The standard InChI is InChI=1S/C15H24N2O3/c1-20-13-8-4-7-11(13)16-12-9-14(18)17(15(12)19)10-5-2-3-6-10/h10-13,16H,2-9H2,1H3. The number of amides is 2. The van der Waals surface area contributed by atoms with Crippen molar-refractivity contribution < 1.29 is 14.3 Å². The summed E-state index contributed by atoms with van der Waals surface area (Å²) in [4.78, 5) is 26.2. The minimum atomic E-state index is -0.330. The Bertz CT molecular complexity index is 393. The Balaban J connectivity index is 1.63. The summed E-state index contributed by atoms with van der Waals surface area (Å²) in [6.45, 7) is 0. The molecule has 0 aromatic heterocycles. The highest BCUT2D eigenvalue weighted by Gasteiger charge is 2.44. The second-order valence-electron chi connectivity index (χ2n) is 6.28. The van der Waals surface area contributed by atoms with Gasteiger partial charge in [0, 0.05) is 19.2 Å². The van der Waals surface area contributed by atoms with E-state index < -0.39 is 0 Å². The van der Waals surface area contributed by atoms with Crippen LogP contribution in [0.25, 0.3) is 0 Å². The van der Waals surface area contributed by atoms with E-state index in [2.05, 4.69) is 5.32 Å². The Labute approximate surface area is 120 Å². The van der Waals surface area contributed by atoms with Gasteiger partial charge in [0.15, 0.2) is 0 Å². The fourth-order valence-electron chi connectivity index (χ4n) is 3.98. The van der Waals surface area contributed by atoms with E-state index in [1.165, 1.54) is 0 Å². The van der Waals surface area contributed by atoms with E-state index in [1.807, 2.05) is 0 Å². The van der Waals surface area contributed by atoms with Gasteiger partial charge in [-0.3, -0.25) is 14.5 Å². The number of methoxy groups -OCH3 is 1. The number of hydrogen-bond acceptors (Lipinski definition) is 4. The largest absolute Gasteiger partial charge is 0.380 e. The van der Waals surface area contributed by atoms with E-state index in [4.69, 9.17) is 4.74 Å². The highest BCUT2D eigenvalue weighted by molar-refractivity contribution is 6.05. The average molecular weight is 280 g/mol. The Morgan fingerprint density at radius 1 is 1.10 bits per heavy atom. The fourth-order valence-corrected chi connectivity index (χ4v) is 3.98. The van der Waals surface area contributed by atoms with E-state index >= 15 is 0 Å². The van der Waals surface area contributed by atoms with Crippen molar-refractivity contribution in [2.24, 2.45) is 0 Å². The summed E-state index contributed by atoms with van der Waals surface area (Å²) in [5.74, 6) is -0.00461. The first-order valence-corrected chi connectivity index (χ1v) is 7.85. The van der Waals surface area contributed by atoms with Gasteiger partial charge >= 0.3 is 0 Å². The SMILES string of the molecule is COC1CCCC1NC1CC(=O)N(C2CCCC2)C1=O. The molecule has 1 aliphatic heterocycles. The Hall–Kier alpha value is -0.940. The third-order valence-electron chi connectivity index (χ3n) is 5.04. The summed E-state index contributed by atoms with van der Waals surface area (Å²) in [6, 6.07) is 0.0396. The van der Waals surface area contributed by atoms with E-state index in [1.54, 1.807) is 12.0 Å². The Morgan fingerprint density at radius 2 is 1.85 bits per heavy atom. The molecular weight excluding hydrogens is 256 g/mol. The molecule has 3 unspecified atom stereocenters. The third-order valence-corrected chi connectivity index (χ3v) is 5.04. The summed E-state index contributed by atoms with van der Waals surface area (Å²) in [6.07, 6.45) is 7.92. The second kappa shape index (κ2) is 5.82. The molecule has 0 aromatic rings. The van der Waals surface area contributed by atoms with E-state index in [-0.39, 0.29) is 36.0 Å². The zero-order chi connectivity index (χ0) is 14.1. The van der Waals surface area contributed by atoms with Gasteiger partial charge in [0.25, 0.3) is 0 Å². The van der Waals surface area contributed by atoms with E-state index in [0.717, 1.165) is 44.9 Å². The molecule has 0 aromatic carbocycles. The van der Waals surface area contributed by atoms with Gasteiger partial charge in [-0.25, -0.2) is 0 Å². The van der Waals surface area contributed by atoms with Crippen molar-refractivity contribution in [2.45, 2.75) is 75.6 Å². The van der Waals surface area contributed by atoms with E-state index in [0.29, 0.717) is 6.42 Å². The molecule has 3 atom stereocenters. The van der Waals surface area contributed by atoms with Crippen LogP contribution in [0.5, 0.6) is 0 Å². The number of carbonyl (C=O) groups excluding carboxylic acids is 2. The number of likely N-dealkylation sites (tertiary alicyclic amines) is 1. The molecule has 5 nitrogen and oxygen atoms in total. The van der Waals surface area contributed by atoms with Crippen molar-refractivity contribution in [3.63, 3.8) is 0 Å². The van der Waals surface area contributed by atoms with Crippen LogP contribution in [0.3, 0.4) is 0 Å². The molecule has 2 aliphatic carbocycles. The van der Waals surface area contributed by atoms with Crippen LogP contribution in [0.15, 0.2) is 0 Å². The number of ether oxygens (including phenoxy) is 1. The van der Waals surface area contributed by atoms with Gasteiger partial charge in [-0.1, -0.05) is 12.8 Å². The van der Waals surface area contributed by atoms with Crippen molar-refractivity contribution in [3.8, 4) is 0 Å². The van der Waals surface area contributed by atoms with Crippen molar-refractivity contribution in [1.82, 2.24) is 10.2 Å². The molecule has 1 heterocycles. The number of imide groups is 1. The topological polar surface area (TPSA) is 58.6 Å². The molecule has 20 heavy (non-hydrogen) atoms. The maximum atomic E-state index is 12.5. The van der Waals surface area contributed by atoms with Gasteiger partial charge in [0.1, 0.15) is 0 Å². The highest BCUT2D eigenvalue weighted by Crippen LogP contribution is 2.29. The Kier molecular flexibility index (Phi) is 4.08. The fraction of sp³-hybridized carbons (Fsp3) is 0.867. The molecule has 2 saturated carbocycles. The van der Waals surface area contributed by atoms with Crippen LogP contribution in [-0.2, 0) is 14.3 Å². The van der Waals surface area contributed by atoms with Crippen LogP contribution in [-0.4, -0.2) is 48.1 Å². The zero-order valence-electron chi connectivity index (χ0n) is 12.1. The number of rotatable bonds is 4. The molecule has 0 radical (unpaired) electrons. The van der Waals surface area contributed by atoms with Crippen molar-refractivity contribution in [3.05, 3.63) is 0 Å². The summed E-state index contributed by atoms with van der Waals surface area (Å²) in [7, 11) is 1.72.